The summed E-state index contributed by atoms with van der Waals surface area (Å²) in [6, 6.07) is 7.59. The Labute approximate surface area is 94.6 Å². The number of para-hydroxylation sites is 1. The predicted octanol–water partition coefficient (Wildman–Crippen LogP) is 1.89. The van der Waals surface area contributed by atoms with Crippen LogP contribution in [0.3, 0.4) is 0 Å². The number of anilines is 1. The van der Waals surface area contributed by atoms with Gasteiger partial charge in [-0.2, -0.15) is 0 Å². The van der Waals surface area contributed by atoms with Crippen molar-refractivity contribution in [2.24, 2.45) is 0 Å². The molecule has 0 aliphatic carbocycles. The molecule has 4 nitrogen and oxygen atoms in total. The van der Waals surface area contributed by atoms with E-state index in [1.54, 1.807) is 7.11 Å². The van der Waals surface area contributed by atoms with Gasteiger partial charge in [-0.05, 0) is 6.07 Å². The molecule has 0 bridgehead atoms. The Bertz CT molecular complexity index is 388. The molecule has 0 fully saturated rings. The number of ether oxygens (including phenoxy) is 1. The molecular formula is C12H15NO3. The zero-order valence-corrected chi connectivity index (χ0v) is 9.19. The van der Waals surface area contributed by atoms with E-state index in [1.807, 2.05) is 24.3 Å². The number of hydrogen-bond acceptors (Lipinski definition) is 3. The number of benzene rings is 1. The average Bonchev–Trinajstić information content (AvgIpc) is 2.27. The summed E-state index contributed by atoms with van der Waals surface area (Å²) in [7, 11) is 1.62. The lowest BCUT2D eigenvalue weighted by molar-refractivity contribution is -0.132. The third kappa shape index (κ3) is 3.40. The summed E-state index contributed by atoms with van der Waals surface area (Å²) >= 11 is 0. The zero-order valence-electron chi connectivity index (χ0n) is 9.19. The van der Waals surface area contributed by atoms with Crippen molar-refractivity contribution in [2.45, 2.75) is 6.61 Å². The number of nitrogens with one attached hydrogen (secondary N) is 1. The summed E-state index contributed by atoms with van der Waals surface area (Å²) in [4.78, 5) is 10.6. The third-order valence-electron chi connectivity index (χ3n) is 2.11. The van der Waals surface area contributed by atoms with Crippen molar-refractivity contribution in [1.82, 2.24) is 0 Å². The molecular weight excluding hydrogens is 206 g/mol. The van der Waals surface area contributed by atoms with Gasteiger partial charge < -0.3 is 15.2 Å². The Morgan fingerprint density at radius 2 is 2.19 bits per heavy atom. The minimum atomic E-state index is -0.989. The number of carbonyl (C=O) groups is 1. The van der Waals surface area contributed by atoms with E-state index in [1.165, 1.54) is 0 Å². The van der Waals surface area contributed by atoms with E-state index < -0.39 is 5.97 Å². The van der Waals surface area contributed by atoms with Crippen LogP contribution in [-0.2, 0) is 16.1 Å². The van der Waals surface area contributed by atoms with E-state index in [4.69, 9.17) is 9.84 Å². The highest BCUT2D eigenvalue weighted by molar-refractivity contribution is 5.86. The molecule has 16 heavy (non-hydrogen) atoms. The standard InChI is InChI=1S/C12H15NO3/c1-9(12(14)15)7-13-11-6-4-3-5-10(11)8-16-2/h3-6,13H,1,7-8H2,2H3,(H,14,15). The van der Waals surface area contributed by atoms with E-state index in [0.29, 0.717) is 6.61 Å². The van der Waals surface area contributed by atoms with Gasteiger partial charge >= 0.3 is 5.97 Å². The molecule has 1 rings (SSSR count). The highest BCUT2D eigenvalue weighted by Crippen LogP contribution is 2.15. The van der Waals surface area contributed by atoms with Crippen molar-refractivity contribution >= 4 is 11.7 Å². The lowest BCUT2D eigenvalue weighted by Crippen LogP contribution is -2.12. The number of carboxylic acid groups (broad SMARTS) is 1. The number of aliphatic carboxylic acids is 1. The second kappa shape index (κ2) is 5.92. The normalized spacial score (nSPS) is 9.81. The zero-order chi connectivity index (χ0) is 12.0. The smallest absolute Gasteiger partial charge is 0.332 e. The minimum Gasteiger partial charge on any atom is -0.478 e. The second-order valence-electron chi connectivity index (χ2n) is 3.35. The van der Waals surface area contributed by atoms with Crippen LogP contribution in [0.25, 0.3) is 0 Å². The first-order chi connectivity index (χ1) is 7.65. The van der Waals surface area contributed by atoms with Crippen LogP contribution in [-0.4, -0.2) is 24.7 Å². The van der Waals surface area contributed by atoms with Crippen LogP contribution in [0, 0.1) is 0 Å². The van der Waals surface area contributed by atoms with Crippen molar-refractivity contribution in [3.05, 3.63) is 42.0 Å². The minimum absolute atomic E-state index is 0.132. The number of carboxylic acids is 1. The molecule has 2 N–H and O–H groups in total. The van der Waals surface area contributed by atoms with Gasteiger partial charge in [0.05, 0.1) is 6.61 Å². The van der Waals surface area contributed by atoms with Crippen LogP contribution >= 0.6 is 0 Å². The van der Waals surface area contributed by atoms with Crippen molar-refractivity contribution < 1.29 is 14.6 Å². The van der Waals surface area contributed by atoms with Gasteiger partial charge in [-0.15, -0.1) is 0 Å². The van der Waals surface area contributed by atoms with Gasteiger partial charge in [-0.25, -0.2) is 4.79 Å². The van der Waals surface area contributed by atoms with Gasteiger partial charge in [-0.1, -0.05) is 24.8 Å². The van der Waals surface area contributed by atoms with Gasteiger partial charge in [0.1, 0.15) is 0 Å². The molecule has 0 aromatic heterocycles. The van der Waals surface area contributed by atoms with E-state index in [9.17, 15) is 4.79 Å². The Morgan fingerprint density at radius 3 is 2.81 bits per heavy atom. The fourth-order valence-corrected chi connectivity index (χ4v) is 1.25. The van der Waals surface area contributed by atoms with Gasteiger partial charge in [0.15, 0.2) is 0 Å². The SMILES string of the molecule is C=C(CNc1ccccc1COC)C(=O)O. The fraction of sp³-hybridized carbons (Fsp3) is 0.250. The monoisotopic (exact) mass is 221 g/mol. The molecule has 4 heteroatoms. The van der Waals surface area contributed by atoms with Crippen LogP contribution in [0.4, 0.5) is 5.69 Å². The Kier molecular flexibility index (Phi) is 4.54. The van der Waals surface area contributed by atoms with E-state index >= 15 is 0 Å². The fourth-order valence-electron chi connectivity index (χ4n) is 1.25. The van der Waals surface area contributed by atoms with Crippen LogP contribution < -0.4 is 5.32 Å². The molecule has 0 unspecified atom stereocenters. The largest absolute Gasteiger partial charge is 0.478 e. The summed E-state index contributed by atoms with van der Waals surface area (Å²) < 4.78 is 5.04. The molecule has 86 valence electrons. The maximum absolute atomic E-state index is 10.6. The summed E-state index contributed by atoms with van der Waals surface area (Å²) in [6.07, 6.45) is 0. The molecule has 0 heterocycles. The maximum Gasteiger partial charge on any atom is 0.332 e. The lowest BCUT2D eigenvalue weighted by Gasteiger charge is -2.11. The van der Waals surface area contributed by atoms with Crippen LogP contribution in [0.2, 0.25) is 0 Å². The Hall–Kier alpha value is -1.81. The number of hydrogen-bond donors (Lipinski definition) is 2. The van der Waals surface area contributed by atoms with Crippen molar-refractivity contribution in [2.75, 3.05) is 19.0 Å². The highest BCUT2D eigenvalue weighted by Gasteiger charge is 2.05. The Morgan fingerprint density at radius 1 is 1.50 bits per heavy atom. The first-order valence-electron chi connectivity index (χ1n) is 4.87. The predicted molar refractivity (Wildman–Crippen MR) is 62.4 cm³/mol. The molecule has 0 saturated carbocycles. The molecule has 0 atom stereocenters. The average molecular weight is 221 g/mol. The van der Waals surface area contributed by atoms with E-state index in [-0.39, 0.29) is 12.1 Å². The summed E-state index contributed by atoms with van der Waals surface area (Å²) in [5, 5.41) is 11.7. The van der Waals surface area contributed by atoms with Crippen molar-refractivity contribution in [3.63, 3.8) is 0 Å². The molecule has 0 aliphatic heterocycles. The lowest BCUT2D eigenvalue weighted by atomic mass is 10.2. The van der Waals surface area contributed by atoms with Crippen LogP contribution in [0.15, 0.2) is 36.4 Å². The molecule has 0 aliphatic rings. The number of rotatable bonds is 6. The maximum atomic E-state index is 10.6. The quantitative estimate of drug-likeness (QED) is 0.720. The summed E-state index contributed by atoms with van der Waals surface area (Å²) in [6.45, 7) is 4.16. The van der Waals surface area contributed by atoms with Crippen LogP contribution in [0.5, 0.6) is 0 Å². The second-order valence-corrected chi connectivity index (χ2v) is 3.35. The molecule has 0 spiro atoms. The van der Waals surface area contributed by atoms with Crippen molar-refractivity contribution in [3.8, 4) is 0 Å². The summed E-state index contributed by atoms with van der Waals surface area (Å²) in [5.41, 5.74) is 1.99. The Balaban J connectivity index is 2.66. The van der Waals surface area contributed by atoms with Gasteiger partial charge in [0.25, 0.3) is 0 Å². The topological polar surface area (TPSA) is 58.6 Å². The summed E-state index contributed by atoms with van der Waals surface area (Å²) in [5.74, 6) is -0.989. The van der Waals surface area contributed by atoms with Crippen molar-refractivity contribution in [1.29, 1.82) is 0 Å². The molecule has 1 aromatic carbocycles. The van der Waals surface area contributed by atoms with Gasteiger partial charge in [0, 0.05) is 30.5 Å². The van der Waals surface area contributed by atoms with Gasteiger partial charge in [0.2, 0.25) is 0 Å². The third-order valence-corrected chi connectivity index (χ3v) is 2.11. The highest BCUT2D eigenvalue weighted by atomic mass is 16.5. The van der Waals surface area contributed by atoms with E-state index in [0.717, 1.165) is 11.3 Å². The molecule has 0 saturated heterocycles. The first-order valence-corrected chi connectivity index (χ1v) is 4.87. The van der Waals surface area contributed by atoms with Gasteiger partial charge in [-0.3, -0.25) is 0 Å². The first kappa shape index (κ1) is 12.3. The van der Waals surface area contributed by atoms with E-state index in [2.05, 4.69) is 11.9 Å². The molecule has 0 amide bonds. The van der Waals surface area contributed by atoms with Crippen LogP contribution in [0.1, 0.15) is 5.56 Å². The number of methoxy groups -OCH3 is 1. The molecule has 0 radical (unpaired) electrons. The molecule has 1 aromatic rings.